The van der Waals surface area contributed by atoms with E-state index in [1.54, 1.807) is 10.9 Å². The fourth-order valence-corrected chi connectivity index (χ4v) is 1.74. The molecule has 3 unspecified atom stereocenters. The first-order chi connectivity index (χ1) is 7.29. The molecule has 7 heteroatoms. The molecule has 1 aliphatic heterocycles. The summed E-state index contributed by atoms with van der Waals surface area (Å²) in [4.78, 5) is 0. The number of ether oxygens (including phenoxy) is 1. The molecule has 0 amide bonds. The number of rotatable bonds is 4. The van der Waals surface area contributed by atoms with Crippen molar-refractivity contribution in [3.05, 3.63) is 18.8 Å². The van der Waals surface area contributed by atoms with Crippen LogP contribution < -0.4 is 0 Å². The van der Waals surface area contributed by atoms with E-state index in [0.717, 1.165) is 0 Å². The number of aliphatic hydroxyl groups excluding tert-OH is 1. The molecule has 2 rings (SSSR count). The molecule has 0 saturated carbocycles. The molecule has 84 valence electrons. The van der Waals surface area contributed by atoms with Crippen LogP contribution in [0.1, 0.15) is 6.92 Å². The van der Waals surface area contributed by atoms with Crippen molar-refractivity contribution in [1.82, 2.24) is 15.0 Å². The van der Waals surface area contributed by atoms with Crippen LogP contribution in [0.5, 0.6) is 0 Å². The fourth-order valence-electron chi connectivity index (χ4n) is 1.74. The van der Waals surface area contributed by atoms with Crippen molar-refractivity contribution in [3.8, 4) is 0 Å². The van der Waals surface area contributed by atoms with E-state index in [4.69, 9.17) is 9.84 Å². The minimum atomic E-state index is -0.128. The number of hydrogen-bond donors (Lipinski definition) is 1. The Kier molecular flexibility index (Phi) is 6.11. The Labute approximate surface area is 121 Å². The van der Waals surface area contributed by atoms with E-state index in [-0.39, 0.29) is 51.4 Å². The summed E-state index contributed by atoms with van der Waals surface area (Å²) < 4.78 is 7.34. The molecule has 0 bridgehead atoms. The molecule has 5 nitrogen and oxygen atoms in total. The zero-order valence-corrected chi connectivity index (χ0v) is 12.1. The first-order valence-electron chi connectivity index (χ1n) is 5.08. The molecule has 0 aliphatic carbocycles. The summed E-state index contributed by atoms with van der Waals surface area (Å²) >= 11 is 0. The Balaban J connectivity index is 0.00000128. The summed E-state index contributed by atoms with van der Waals surface area (Å²) in [7, 11) is 2.05. The van der Waals surface area contributed by atoms with E-state index >= 15 is 0 Å². The van der Waals surface area contributed by atoms with Crippen LogP contribution in [0.25, 0.3) is 0 Å². The van der Waals surface area contributed by atoms with Crippen LogP contribution in [-0.4, -0.2) is 46.1 Å². The van der Waals surface area contributed by atoms with E-state index in [1.165, 1.54) is 0 Å². The molecule has 16 heavy (non-hydrogen) atoms. The van der Waals surface area contributed by atoms with Crippen LogP contribution >= 0.6 is 0 Å². The van der Waals surface area contributed by atoms with Crippen molar-refractivity contribution in [2.24, 2.45) is 5.92 Å². The predicted molar refractivity (Wildman–Crippen MR) is 55.0 cm³/mol. The third kappa shape index (κ3) is 3.62. The van der Waals surface area contributed by atoms with Gasteiger partial charge in [-0.1, -0.05) is 12.1 Å². The van der Waals surface area contributed by atoms with Gasteiger partial charge >= 0.3 is 0 Å². The number of nitrogens with zero attached hydrogens (tertiary/aromatic N) is 3. The molecule has 1 aliphatic rings. The maximum absolute atomic E-state index is 8.96. The predicted octanol–water partition coefficient (Wildman–Crippen LogP) is -0.505. The topological polar surface area (TPSA) is 60.2 Å². The maximum atomic E-state index is 8.96. The van der Waals surface area contributed by atoms with Crippen molar-refractivity contribution in [2.75, 3.05) is 6.61 Å². The average Bonchev–Trinajstić information content (AvgIpc) is 2.84. The van der Waals surface area contributed by atoms with Gasteiger partial charge in [-0.2, -0.15) is 0 Å². The second-order valence-electron chi connectivity index (χ2n) is 3.73. The summed E-state index contributed by atoms with van der Waals surface area (Å²) in [5.74, 6) is 0.339. The number of aliphatic hydroxyl groups is 1. The van der Waals surface area contributed by atoms with Crippen molar-refractivity contribution in [3.63, 3.8) is 0 Å². The Morgan fingerprint density at radius 3 is 3.00 bits per heavy atom. The molecular weight excluding hydrogens is 282 g/mol. The largest absolute Gasteiger partial charge is 0.416 e. The third-order valence-electron chi connectivity index (χ3n) is 2.55. The van der Waals surface area contributed by atoms with Crippen LogP contribution in [0.15, 0.2) is 12.4 Å². The van der Waals surface area contributed by atoms with E-state index in [1.807, 2.05) is 19.9 Å². The maximum Gasteiger partial charge on any atom is 0.174 e. The smallest absolute Gasteiger partial charge is 0.174 e. The van der Waals surface area contributed by atoms with Gasteiger partial charge < -0.3 is 9.84 Å². The Hall–Kier alpha value is 0.229. The minimum absolute atomic E-state index is 0. The van der Waals surface area contributed by atoms with E-state index in [0.29, 0.717) is 12.4 Å². The molecule has 1 saturated heterocycles. The van der Waals surface area contributed by atoms with E-state index in [2.05, 4.69) is 17.2 Å². The third-order valence-corrected chi connectivity index (χ3v) is 2.55. The van der Waals surface area contributed by atoms with Gasteiger partial charge in [-0.15, -0.1) is 11.0 Å². The van der Waals surface area contributed by atoms with Crippen LogP contribution in [0, 0.1) is 12.3 Å². The molecule has 1 aromatic heterocycles. The minimum Gasteiger partial charge on any atom is -0.416 e. The van der Waals surface area contributed by atoms with Crippen LogP contribution in [0.2, 0.25) is 0 Å². The van der Waals surface area contributed by atoms with Crippen LogP contribution in [0.4, 0.5) is 0 Å². The van der Waals surface area contributed by atoms with Gasteiger partial charge in [0.1, 0.15) is 0 Å². The van der Waals surface area contributed by atoms with Crippen molar-refractivity contribution < 1.29 is 42.6 Å². The Bertz CT molecular complexity index is 299. The first kappa shape index (κ1) is 14.3. The molecule has 1 aromatic rings. The molecule has 1 N–H and O–H groups in total. The monoisotopic (exact) mass is 296 g/mol. The normalized spacial score (nSPS) is 28.8. The average molecular weight is 296 g/mol. The van der Waals surface area contributed by atoms with Gasteiger partial charge in [-0.25, -0.2) is 0 Å². The van der Waals surface area contributed by atoms with Crippen LogP contribution in [0.3, 0.4) is 0 Å². The Morgan fingerprint density at radius 1 is 1.62 bits per heavy atom. The SMILES string of the molecule is CC1[CH-]C(CO)OC1[B]Cn1ccnn1.[Y]. The second-order valence-corrected chi connectivity index (χ2v) is 3.73. The summed E-state index contributed by atoms with van der Waals surface area (Å²) in [6.45, 7) is 2.14. The van der Waals surface area contributed by atoms with Gasteiger partial charge in [0, 0.05) is 58.0 Å². The second kappa shape index (κ2) is 6.84. The van der Waals surface area contributed by atoms with Crippen LogP contribution in [-0.2, 0) is 43.9 Å². The van der Waals surface area contributed by atoms with Crippen molar-refractivity contribution in [2.45, 2.75) is 25.5 Å². The van der Waals surface area contributed by atoms with E-state index < -0.39 is 0 Å². The Morgan fingerprint density at radius 2 is 2.44 bits per heavy atom. The molecular formula is C9H14BN3O2Y-. The summed E-state index contributed by atoms with van der Waals surface area (Å²) in [6.07, 6.45) is 6.04. The summed E-state index contributed by atoms with van der Waals surface area (Å²) in [5.41, 5.74) is 0. The van der Waals surface area contributed by atoms with Crippen molar-refractivity contribution in [1.29, 1.82) is 0 Å². The number of aromatic nitrogens is 3. The fraction of sp³-hybridized carbons (Fsp3) is 0.667. The first-order valence-corrected chi connectivity index (χ1v) is 5.08. The van der Waals surface area contributed by atoms with Gasteiger partial charge in [-0.3, -0.25) is 11.1 Å². The quantitative estimate of drug-likeness (QED) is 0.601. The molecule has 1 fully saturated rings. The molecule has 2 radical (unpaired) electrons. The van der Waals surface area contributed by atoms with Gasteiger partial charge in [0.25, 0.3) is 0 Å². The summed E-state index contributed by atoms with van der Waals surface area (Å²) in [6, 6.07) is 0.0614. The molecule has 2 heterocycles. The van der Waals surface area contributed by atoms with E-state index in [9.17, 15) is 0 Å². The zero-order chi connectivity index (χ0) is 10.7. The van der Waals surface area contributed by atoms with Gasteiger partial charge in [0.2, 0.25) is 0 Å². The molecule has 3 atom stereocenters. The zero-order valence-electron chi connectivity index (χ0n) is 9.23. The van der Waals surface area contributed by atoms with Gasteiger partial charge in [0.15, 0.2) is 7.28 Å². The van der Waals surface area contributed by atoms with Crippen molar-refractivity contribution >= 4 is 7.28 Å². The molecule has 0 aromatic carbocycles. The standard InChI is InChI=1S/C9H14BN3O2.Y/c1-7-4-8(5-14)15-9(7)10-6-13-3-2-11-12-13;/h2-4,7-9,14H,5-6H2,1H3;/q-1;. The van der Waals surface area contributed by atoms with Gasteiger partial charge in [-0.05, 0) is 6.10 Å². The molecule has 0 spiro atoms. The van der Waals surface area contributed by atoms with Gasteiger partial charge in [0.05, 0.1) is 6.20 Å². The summed E-state index contributed by atoms with van der Waals surface area (Å²) in [5, 5.41) is 16.5. The number of hydrogen-bond acceptors (Lipinski definition) is 4.